The van der Waals surface area contributed by atoms with Gasteiger partial charge in [0.2, 0.25) is 4.69 Å². The van der Waals surface area contributed by atoms with E-state index in [2.05, 4.69) is 38.8 Å². The maximum absolute atomic E-state index is 11.0. The number of hydrogen-bond donors (Lipinski definition) is 0. The summed E-state index contributed by atoms with van der Waals surface area (Å²) in [4.78, 5) is 11.0. The van der Waals surface area contributed by atoms with E-state index < -0.39 is 0 Å². The highest BCUT2D eigenvalue weighted by Crippen LogP contribution is 2.31. The van der Waals surface area contributed by atoms with Gasteiger partial charge in [-0.15, -0.1) is 0 Å². The van der Waals surface area contributed by atoms with Crippen LogP contribution in [0.5, 0.6) is 0 Å². The molecule has 0 bridgehead atoms. The molecule has 0 aliphatic heterocycles. The molecule has 0 heterocycles. The van der Waals surface area contributed by atoms with Crippen molar-refractivity contribution in [2.75, 3.05) is 0 Å². The summed E-state index contributed by atoms with van der Waals surface area (Å²) in [6.07, 6.45) is 2.76. The van der Waals surface area contributed by atoms with Gasteiger partial charge in [0.25, 0.3) is 0 Å². The molecule has 1 atom stereocenters. The van der Waals surface area contributed by atoms with Crippen molar-refractivity contribution in [1.29, 1.82) is 0 Å². The molecule has 0 fully saturated rings. The number of halogens is 2. The molecule has 0 aromatic rings. The molecule has 3 heteroatoms. The summed E-state index contributed by atoms with van der Waals surface area (Å²) in [6.45, 7) is 4.07. The number of alkyl halides is 1. The quantitative estimate of drug-likeness (QED) is 0.567. The summed E-state index contributed by atoms with van der Waals surface area (Å²) in [5.74, 6) is 0. The molecule has 1 nitrogen and oxygen atoms in total. The molecule has 0 aliphatic carbocycles. The molecule has 0 aromatic heterocycles. The van der Waals surface area contributed by atoms with Crippen LogP contribution in [0, 0.1) is 0 Å². The summed E-state index contributed by atoms with van der Waals surface area (Å²) < 4.78 is -0.258. The lowest BCUT2D eigenvalue weighted by Crippen LogP contribution is -2.26. The molecule has 10 heavy (non-hydrogen) atoms. The van der Waals surface area contributed by atoms with Crippen LogP contribution in [-0.2, 0) is 4.79 Å². The van der Waals surface area contributed by atoms with Crippen molar-refractivity contribution < 1.29 is 4.79 Å². The molecule has 0 N–H and O–H groups in total. The topological polar surface area (TPSA) is 17.1 Å². The van der Waals surface area contributed by atoms with E-state index in [1.807, 2.05) is 6.92 Å². The number of carbonyl (C=O) groups is 1. The van der Waals surface area contributed by atoms with Gasteiger partial charge in [0.15, 0.2) is 0 Å². The molecule has 0 saturated carbocycles. The van der Waals surface area contributed by atoms with Gasteiger partial charge in [0.1, 0.15) is 0 Å². The number of hydrogen-bond acceptors (Lipinski definition) is 1. The van der Waals surface area contributed by atoms with Crippen molar-refractivity contribution in [3.63, 3.8) is 0 Å². The van der Waals surface area contributed by atoms with Crippen LogP contribution in [-0.4, -0.2) is 9.02 Å². The monoisotopic (exact) mass is 270 g/mol. The average molecular weight is 272 g/mol. The zero-order chi connectivity index (χ0) is 8.20. The predicted molar refractivity (Wildman–Crippen MR) is 50.8 cm³/mol. The van der Waals surface area contributed by atoms with E-state index in [1.54, 1.807) is 0 Å². The standard InChI is InChI=1S/C7H12Br2O/c1-3-5-7(9,4-2)6(8)10/h3-5H2,1-2H3. The minimum absolute atomic E-state index is 0.0596. The summed E-state index contributed by atoms with van der Waals surface area (Å²) in [5, 5.41) is 0. The second-order valence-corrected chi connectivity index (χ2v) is 4.58. The first-order chi connectivity index (χ1) is 4.56. The SMILES string of the molecule is CCCC(Br)(CC)C(=O)Br. The maximum atomic E-state index is 11.0. The highest BCUT2D eigenvalue weighted by atomic mass is 79.9. The first kappa shape index (κ1) is 10.6. The van der Waals surface area contributed by atoms with Crippen molar-refractivity contribution >= 4 is 36.6 Å². The Morgan fingerprint density at radius 1 is 1.50 bits per heavy atom. The zero-order valence-electron chi connectivity index (χ0n) is 6.29. The van der Waals surface area contributed by atoms with Gasteiger partial charge in [-0.05, 0) is 28.8 Å². The van der Waals surface area contributed by atoms with E-state index >= 15 is 0 Å². The van der Waals surface area contributed by atoms with Crippen LogP contribution < -0.4 is 0 Å². The van der Waals surface area contributed by atoms with Crippen LogP contribution in [0.15, 0.2) is 0 Å². The lowest BCUT2D eigenvalue weighted by molar-refractivity contribution is -0.112. The minimum atomic E-state index is -0.318. The minimum Gasteiger partial charge on any atom is -0.285 e. The number of carbonyl (C=O) groups excluding carboxylic acids is 1. The van der Waals surface area contributed by atoms with Gasteiger partial charge in [0.05, 0.1) is 4.32 Å². The highest BCUT2D eigenvalue weighted by Gasteiger charge is 2.29. The lowest BCUT2D eigenvalue weighted by Gasteiger charge is -2.19. The van der Waals surface area contributed by atoms with Gasteiger partial charge in [-0.3, -0.25) is 4.79 Å². The molecular formula is C7H12Br2O. The summed E-state index contributed by atoms with van der Waals surface area (Å²) in [5.41, 5.74) is 0. The van der Waals surface area contributed by atoms with Crippen LogP contribution in [0.1, 0.15) is 33.1 Å². The van der Waals surface area contributed by atoms with Crippen LogP contribution >= 0.6 is 31.9 Å². The largest absolute Gasteiger partial charge is 0.285 e. The molecule has 0 radical (unpaired) electrons. The summed E-state index contributed by atoms with van der Waals surface area (Å²) >= 11 is 6.38. The summed E-state index contributed by atoms with van der Waals surface area (Å²) in [7, 11) is 0. The third kappa shape index (κ3) is 2.70. The Kier molecular flexibility index (Phi) is 4.78. The van der Waals surface area contributed by atoms with Crippen LogP contribution in [0.4, 0.5) is 0 Å². The van der Waals surface area contributed by atoms with E-state index in [1.165, 1.54) is 0 Å². The molecule has 0 saturated heterocycles. The van der Waals surface area contributed by atoms with Gasteiger partial charge in [-0.2, -0.15) is 0 Å². The Morgan fingerprint density at radius 2 is 2.00 bits per heavy atom. The Balaban J connectivity index is 4.08. The molecule has 0 spiro atoms. The molecule has 0 aromatic carbocycles. The molecule has 1 unspecified atom stereocenters. The Hall–Kier alpha value is 0.630. The lowest BCUT2D eigenvalue weighted by atomic mass is 10.0. The van der Waals surface area contributed by atoms with Crippen molar-refractivity contribution in [1.82, 2.24) is 0 Å². The molecule has 0 amide bonds. The van der Waals surface area contributed by atoms with Crippen LogP contribution in [0.2, 0.25) is 0 Å². The van der Waals surface area contributed by atoms with Crippen LogP contribution in [0.25, 0.3) is 0 Å². The van der Waals surface area contributed by atoms with Gasteiger partial charge < -0.3 is 0 Å². The third-order valence-corrected chi connectivity index (χ3v) is 4.17. The Bertz CT molecular complexity index is 125. The van der Waals surface area contributed by atoms with Gasteiger partial charge in [-0.1, -0.05) is 36.2 Å². The maximum Gasteiger partial charge on any atom is 0.214 e. The molecule has 0 aliphatic rings. The first-order valence-corrected chi connectivity index (χ1v) is 5.04. The van der Waals surface area contributed by atoms with Gasteiger partial charge >= 0.3 is 0 Å². The van der Waals surface area contributed by atoms with Crippen molar-refractivity contribution in [3.8, 4) is 0 Å². The Labute approximate surface area is 78.8 Å². The average Bonchev–Trinajstić information content (AvgIpc) is 1.88. The summed E-state index contributed by atoms with van der Waals surface area (Å²) in [6, 6.07) is 0. The zero-order valence-corrected chi connectivity index (χ0v) is 9.46. The molecule has 60 valence electrons. The second-order valence-electron chi connectivity index (χ2n) is 2.34. The first-order valence-electron chi connectivity index (χ1n) is 3.45. The fourth-order valence-corrected chi connectivity index (χ4v) is 1.69. The van der Waals surface area contributed by atoms with Crippen LogP contribution in [0.3, 0.4) is 0 Å². The fraction of sp³-hybridized carbons (Fsp3) is 0.857. The van der Waals surface area contributed by atoms with Gasteiger partial charge in [-0.25, -0.2) is 0 Å². The molecule has 0 rings (SSSR count). The van der Waals surface area contributed by atoms with E-state index in [0.29, 0.717) is 0 Å². The van der Waals surface area contributed by atoms with E-state index in [-0.39, 0.29) is 9.02 Å². The van der Waals surface area contributed by atoms with Crippen molar-refractivity contribution in [3.05, 3.63) is 0 Å². The Morgan fingerprint density at radius 3 is 2.10 bits per heavy atom. The van der Waals surface area contributed by atoms with Crippen molar-refractivity contribution in [2.24, 2.45) is 0 Å². The highest BCUT2D eigenvalue weighted by molar-refractivity contribution is 9.20. The fourth-order valence-electron chi connectivity index (χ4n) is 0.810. The normalized spacial score (nSPS) is 16.4. The smallest absolute Gasteiger partial charge is 0.214 e. The van der Waals surface area contributed by atoms with E-state index in [9.17, 15) is 4.79 Å². The molecular weight excluding hydrogens is 260 g/mol. The second kappa shape index (κ2) is 4.50. The van der Waals surface area contributed by atoms with E-state index in [4.69, 9.17) is 0 Å². The van der Waals surface area contributed by atoms with E-state index in [0.717, 1.165) is 19.3 Å². The third-order valence-electron chi connectivity index (χ3n) is 1.56. The number of rotatable bonds is 4. The van der Waals surface area contributed by atoms with Crippen molar-refractivity contribution in [2.45, 2.75) is 37.4 Å². The predicted octanol–water partition coefficient (Wildman–Crippen LogP) is 3.25. The van der Waals surface area contributed by atoms with Gasteiger partial charge in [0, 0.05) is 0 Å².